The number of amides is 1. The lowest BCUT2D eigenvalue weighted by molar-refractivity contribution is -0.137. The fourth-order valence-electron chi connectivity index (χ4n) is 5.14. The molecule has 4 rings (SSSR count). The summed E-state index contributed by atoms with van der Waals surface area (Å²) in [7, 11) is 0. The van der Waals surface area contributed by atoms with Crippen molar-refractivity contribution in [3.05, 3.63) is 53.2 Å². The van der Waals surface area contributed by atoms with Crippen LogP contribution in [-0.4, -0.2) is 53.3 Å². The standard InChI is InChI=1S/C25H29F5N4O2/c1-3-33(17-7-8-18(26)19(27)12-17)24(36)21-11-16(32-20-5-4-6-22(20)35)13-34(21)23-10-15(25(28,29)30)9-14(2)31-23/h7-10,12,16,20-22,32,35H,3-6,11,13H2,1-2H3/t16?,20-,21?,22+/m0/s1. The summed E-state index contributed by atoms with van der Waals surface area (Å²) in [4.78, 5) is 20.8. The van der Waals surface area contributed by atoms with Crippen LogP contribution in [0.5, 0.6) is 0 Å². The summed E-state index contributed by atoms with van der Waals surface area (Å²) < 4.78 is 68.0. The Morgan fingerprint density at radius 2 is 1.94 bits per heavy atom. The Bertz CT molecular complexity index is 1110. The van der Waals surface area contributed by atoms with E-state index >= 15 is 0 Å². The minimum Gasteiger partial charge on any atom is -0.392 e. The van der Waals surface area contributed by atoms with E-state index in [2.05, 4.69) is 10.3 Å². The van der Waals surface area contributed by atoms with Crippen molar-refractivity contribution in [2.24, 2.45) is 0 Å². The molecule has 0 bridgehead atoms. The Morgan fingerprint density at radius 3 is 2.56 bits per heavy atom. The van der Waals surface area contributed by atoms with Gasteiger partial charge in [-0.3, -0.25) is 4.79 Å². The number of nitrogens with one attached hydrogen (secondary N) is 1. The monoisotopic (exact) mass is 512 g/mol. The molecule has 36 heavy (non-hydrogen) atoms. The second-order valence-electron chi connectivity index (χ2n) is 9.41. The molecule has 2 fully saturated rings. The molecule has 1 aliphatic heterocycles. The van der Waals surface area contributed by atoms with E-state index in [-0.39, 0.29) is 48.8 Å². The van der Waals surface area contributed by atoms with E-state index in [9.17, 15) is 31.9 Å². The van der Waals surface area contributed by atoms with Gasteiger partial charge in [0.15, 0.2) is 11.6 Å². The minimum atomic E-state index is -4.59. The van der Waals surface area contributed by atoms with Crippen molar-refractivity contribution in [1.29, 1.82) is 0 Å². The average Bonchev–Trinajstić information content (AvgIpc) is 3.42. The van der Waals surface area contributed by atoms with Gasteiger partial charge in [0.2, 0.25) is 5.91 Å². The molecule has 2 heterocycles. The van der Waals surface area contributed by atoms with E-state index in [0.29, 0.717) is 6.42 Å². The van der Waals surface area contributed by atoms with Crippen LogP contribution >= 0.6 is 0 Å². The number of likely N-dealkylation sites (N-methyl/N-ethyl adjacent to an activating group) is 1. The molecule has 1 aliphatic carbocycles. The lowest BCUT2D eigenvalue weighted by atomic mass is 10.1. The molecule has 1 saturated heterocycles. The third kappa shape index (κ3) is 5.46. The van der Waals surface area contributed by atoms with Crippen molar-refractivity contribution in [1.82, 2.24) is 10.3 Å². The first-order valence-electron chi connectivity index (χ1n) is 12.0. The Balaban J connectivity index is 1.68. The van der Waals surface area contributed by atoms with Gasteiger partial charge in [0.05, 0.1) is 11.7 Å². The van der Waals surface area contributed by atoms with E-state index in [4.69, 9.17) is 0 Å². The third-order valence-electron chi connectivity index (χ3n) is 6.87. The zero-order chi connectivity index (χ0) is 26.2. The predicted octanol–water partition coefficient (Wildman–Crippen LogP) is 4.19. The number of aliphatic hydroxyl groups is 1. The van der Waals surface area contributed by atoms with Crippen LogP contribution in [0.2, 0.25) is 0 Å². The predicted molar refractivity (Wildman–Crippen MR) is 125 cm³/mol. The zero-order valence-corrected chi connectivity index (χ0v) is 20.0. The molecule has 4 atom stereocenters. The van der Waals surface area contributed by atoms with Crippen LogP contribution in [0.3, 0.4) is 0 Å². The molecular weight excluding hydrogens is 483 g/mol. The Labute approximate surface area is 206 Å². The molecular formula is C25H29F5N4O2. The van der Waals surface area contributed by atoms with Crippen LogP contribution in [0.25, 0.3) is 0 Å². The normalized spacial score (nSPS) is 24.4. The Morgan fingerprint density at radius 1 is 1.19 bits per heavy atom. The van der Waals surface area contributed by atoms with Gasteiger partial charge in [-0.2, -0.15) is 13.2 Å². The van der Waals surface area contributed by atoms with Gasteiger partial charge in [-0.05, 0) is 63.8 Å². The van der Waals surface area contributed by atoms with Gasteiger partial charge in [0, 0.05) is 42.6 Å². The summed E-state index contributed by atoms with van der Waals surface area (Å²) in [6.07, 6.45) is -2.60. The largest absolute Gasteiger partial charge is 0.416 e. The maximum Gasteiger partial charge on any atom is 0.416 e. The quantitative estimate of drug-likeness (QED) is 0.569. The van der Waals surface area contributed by atoms with Crippen molar-refractivity contribution in [2.45, 2.75) is 69.9 Å². The second-order valence-corrected chi connectivity index (χ2v) is 9.41. The number of carbonyl (C=O) groups is 1. The van der Waals surface area contributed by atoms with Crippen LogP contribution in [0.1, 0.15) is 43.9 Å². The summed E-state index contributed by atoms with van der Waals surface area (Å²) in [5.41, 5.74) is -0.564. The van der Waals surface area contributed by atoms with Gasteiger partial charge in [0.1, 0.15) is 11.9 Å². The van der Waals surface area contributed by atoms with Gasteiger partial charge in [-0.15, -0.1) is 0 Å². The SMILES string of the molecule is CCN(C(=O)C1CC(N[C@H]2CCC[C@H]2O)CN1c1cc(C(F)(F)F)cc(C)n1)c1ccc(F)c(F)c1. The fourth-order valence-corrected chi connectivity index (χ4v) is 5.14. The fraction of sp³-hybridized carbons (Fsp3) is 0.520. The molecule has 2 aromatic rings. The summed E-state index contributed by atoms with van der Waals surface area (Å²) in [5.74, 6) is -2.60. The van der Waals surface area contributed by atoms with Crippen molar-refractivity contribution in [3.8, 4) is 0 Å². The molecule has 196 valence electrons. The van der Waals surface area contributed by atoms with Crippen LogP contribution in [0, 0.1) is 18.6 Å². The van der Waals surface area contributed by atoms with Crippen molar-refractivity contribution >= 4 is 17.4 Å². The van der Waals surface area contributed by atoms with Crippen molar-refractivity contribution in [2.75, 3.05) is 22.9 Å². The van der Waals surface area contributed by atoms with Crippen molar-refractivity contribution < 1.29 is 31.9 Å². The first-order chi connectivity index (χ1) is 17.0. The number of hydrogen-bond donors (Lipinski definition) is 2. The van der Waals surface area contributed by atoms with E-state index in [1.807, 2.05) is 0 Å². The van der Waals surface area contributed by atoms with Crippen LogP contribution in [-0.2, 0) is 11.0 Å². The summed E-state index contributed by atoms with van der Waals surface area (Å²) in [5, 5.41) is 13.6. The molecule has 1 aromatic carbocycles. The highest BCUT2D eigenvalue weighted by Gasteiger charge is 2.42. The molecule has 1 aromatic heterocycles. The second kappa shape index (κ2) is 10.3. The van der Waals surface area contributed by atoms with Crippen molar-refractivity contribution in [3.63, 3.8) is 0 Å². The number of carbonyl (C=O) groups excluding carboxylic acids is 1. The molecule has 0 radical (unpaired) electrons. The van der Waals surface area contributed by atoms with E-state index in [0.717, 1.165) is 37.1 Å². The molecule has 11 heteroatoms. The lowest BCUT2D eigenvalue weighted by Gasteiger charge is -2.30. The van der Waals surface area contributed by atoms with Gasteiger partial charge in [-0.1, -0.05) is 0 Å². The minimum absolute atomic E-state index is 0.0123. The van der Waals surface area contributed by atoms with E-state index in [1.165, 1.54) is 22.8 Å². The first-order valence-corrected chi connectivity index (χ1v) is 12.0. The van der Waals surface area contributed by atoms with Crippen LogP contribution < -0.4 is 15.1 Å². The molecule has 2 N–H and O–H groups in total. The molecule has 1 saturated carbocycles. The maximum absolute atomic E-state index is 13.9. The first kappa shape index (κ1) is 26.3. The number of nitrogens with zero attached hydrogens (tertiary/aromatic N) is 3. The molecule has 1 amide bonds. The summed E-state index contributed by atoms with van der Waals surface area (Å²) in [6, 6.07) is 3.64. The number of aliphatic hydroxyl groups excluding tert-OH is 1. The van der Waals surface area contributed by atoms with Crippen LogP contribution in [0.15, 0.2) is 30.3 Å². The smallest absolute Gasteiger partial charge is 0.392 e. The van der Waals surface area contributed by atoms with Gasteiger partial charge in [-0.25, -0.2) is 13.8 Å². The number of benzene rings is 1. The van der Waals surface area contributed by atoms with Gasteiger partial charge in [0.25, 0.3) is 0 Å². The van der Waals surface area contributed by atoms with Crippen LogP contribution in [0.4, 0.5) is 33.5 Å². The Kier molecular flexibility index (Phi) is 7.51. The van der Waals surface area contributed by atoms with Gasteiger partial charge >= 0.3 is 6.18 Å². The average molecular weight is 513 g/mol. The van der Waals surface area contributed by atoms with E-state index in [1.54, 1.807) is 6.92 Å². The highest BCUT2D eigenvalue weighted by molar-refractivity contribution is 5.99. The number of alkyl halides is 3. The number of rotatable bonds is 6. The summed E-state index contributed by atoms with van der Waals surface area (Å²) >= 11 is 0. The molecule has 2 unspecified atom stereocenters. The molecule has 2 aliphatic rings. The number of aryl methyl sites for hydroxylation is 1. The molecule has 6 nitrogen and oxygen atoms in total. The molecule has 0 spiro atoms. The highest BCUT2D eigenvalue weighted by Crippen LogP contribution is 2.35. The number of hydrogen-bond acceptors (Lipinski definition) is 5. The van der Waals surface area contributed by atoms with Gasteiger partial charge < -0.3 is 20.2 Å². The number of anilines is 2. The number of halogens is 5. The van der Waals surface area contributed by atoms with E-state index < -0.39 is 41.4 Å². The third-order valence-corrected chi connectivity index (χ3v) is 6.87. The topological polar surface area (TPSA) is 68.7 Å². The number of aromatic nitrogens is 1. The zero-order valence-electron chi connectivity index (χ0n) is 20.0. The highest BCUT2D eigenvalue weighted by atomic mass is 19.4. The number of pyridine rings is 1. The lowest BCUT2D eigenvalue weighted by Crippen LogP contribution is -2.46. The Hall–Kier alpha value is -2.79. The summed E-state index contributed by atoms with van der Waals surface area (Å²) in [6.45, 7) is 3.47. The maximum atomic E-state index is 13.9.